The summed E-state index contributed by atoms with van der Waals surface area (Å²) in [7, 11) is 1.94. The van der Waals surface area contributed by atoms with Crippen LogP contribution < -0.4 is 0 Å². The van der Waals surface area contributed by atoms with Gasteiger partial charge in [-0.3, -0.25) is 4.79 Å². The second-order valence-electron chi connectivity index (χ2n) is 5.51. The normalized spacial score (nSPS) is 12.9. The van der Waals surface area contributed by atoms with E-state index in [0.717, 1.165) is 27.4 Å². The molecule has 0 fully saturated rings. The molecule has 0 aliphatic rings. The van der Waals surface area contributed by atoms with Crippen molar-refractivity contribution in [3.05, 3.63) is 41.5 Å². The highest BCUT2D eigenvalue weighted by molar-refractivity contribution is 7.91. The van der Waals surface area contributed by atoms with Crippen molar-refractivity contribution < 1.29 is 14.5 Å². The Morgan fingerprint density at radius 1 is 1.36 bits per heavy atom. The predicted molar refractivity (Wildman–Crippen MR) is 88.8 cm³/mol. The lowest BCUT2D eigenvalue weighted by Crippen LogP contribution is -2.10. The number of nitrogens with zero attached hydrogens (tertiary/aromatic N) is 1. The third kappa shape index (κ3) is 2.17. The molecular formula is C17H17NO3S. The molecular weight excluding hydrogens is 298 g/mol. The Labute approximate surface area is 131 Å². The minimum Gasteiger partial charge on any atom is -0.612 e. The Hall–Kier alpha value is -1.98. The molecule has 4 nitrogen and oxygen atoms in total. The molecule has 5 heteroatoms. The van der Waals surface area contributed by atoms with Crippen LogP contribution in [0.3, 0.4) is 0 Å². The van der Waals surface area contributed by atoms with Crippen molar-refractivity contribution in [2.45, 2.75) is 18.2 Å². The number of para-hydroxylation sites is 1. The Bertz CT molecular complexity index is 896. The Morgan fingerprint density at radius 2 is 2.05 bits per heavy atom. The number of benzene rings is 2. The third-order valence-electron chi connectivity index (χ3n) is 4.03. The molecule has 0 amide bonds. The van der Waals surface area contributed by atoms with Crippen LogP contribution in [0.2, 0.25) is 0 Å². The number of carboxylic acids is 1. The number of aryl methyl sites for hydroxylation is 2. The summed E-state index contributed by atoms with van der Waals surface area (Å²) in [5.41, 5.74) is 3.57. The number of hydrogen-bond acceptors (Lipinski definition) is 2. The number of rotatable bonds is 3. The molecule has 0 aliphatic heterocycles. The van der Waals surface area contributed by atoms with Crippen LogP contribution >= 0.6 is 0 Å². The van der Waals surface area contributed by atoms with Crippen LogP contribution in [0.5, 0.6) is 0 Å². The molecule has 22 heavy (non-hydrogen) atoms. The van der Waals surface area contributed by atoms with Crippen LogP contribution in [0.15, 0.2) is 35.2 Å². The Morgan fingerprint density at radius 3 is 2.68 bits per heavy atom. The minimum atomic E-state index is -1.26. The minimum absolute atomic E-state index is 0.118. The number of aliphatic carboxylic acids is 1. The van der Waals surface area contributed by atoms with E-state index < -0.39 is 17.1 Å². The molecule has 0 aliphatic carbocycles. The zero-order chi connectivity index (χ0) is 16.0. The Kier molecular flexibility index (Phi) is 3.62. The lowest BCUT2D eigenvalue weighted by atomic mass is 10.0. The predicted octanol–water partition coefficient (Wildman–Crippen LogP) is 3.00. The first-order valence-corrected chi connectivity index (χ1v) is 8.52. The summed E-state index contributed by atoms with van der Waals surface area (Å²) < 4.78 is 14.3. The van der Waals surface area contributed by atoms with Gasteiger partial charge in [0.25, 0.3) is 0 Å². The quantitative estimate of drug-likeness (QED) is 0.756. The molecule has 1 unspecified atom stereocenters. The van der Waals surface area contributed by atoms with Gasteiger partial charge < -0.3 is 14.2 Å². The molecule has 1 atom stereocenters. The molecule has 1 aromatic heterocycles. The molecule has 0 saturated carbocycles. The average molecular weight is 315 g/mol. The van der Waals surface area contributed by atoms with E-state index in [1.165, 1.54) is 0 Å². The van der Waals surface area contributed by atoms with Crippen molar-refractivity contribution in [3.63, 3.8) is 0 Å². The molecule has 1 N–H and O–H groups in total. The molecule has 3 rings (SSSR count). The van der Waals surface area contributed by atoms with Gasteiger partial charge in [-0.2, -0.15) is 0 Å². The number of aromatic nitrogens is 1. The van der Waals surface area contributed by atoms with Gasteiger partial charge in [0.2, 0.25) is 0 Å². The summed E-state index contributed by atoms with van der Waals surface area (Å²) in [6.07, 6.45) is 1.49. The topological polar surface area (TPSA) is 65.3 Å². The van der Waals surface area contributed by atoms with Crippen molar-refractivity contribution in [2.24, 2.45) is 7.05 Å². The van der Waals surface area contributed by atoms with Crippen LogP contribution in [0, 0.1) is 6.92 Å². The lowest BCUT2D eigenvalue weighted by molar-refractivity contribution is -0.136. The maximum atomic E-state index is 12.3. The second kappa shape index (κ2) is 5.34. The third-order valence-corrected chi connectivity index (χ3v) is 5.06. The van der Waals surface area contributed by atoms with Crippen molar-refractivity contribution in [1.29, 1.82) is 0 Å². The molecule has 114 valence electrons. The molecule has 0 radical (unpaired) electrons. The molecule has 1 heterocycles. The first-order chi connectivity index (χ1) is 10.4. The van der Waals surface area contributed by atoms with Gasteiger partial charge >= 0.3 is 5.97 Å². The van der Waals surface area contributed by atoms with Crippen molar-refractivity contribution in [2.75, 3.05) is 6.26 Å². The van der Waals surface area contributed by atoms with Gasteiger partial charge in [-0.1, -0.05) is 18.2 Å². The lowest BCUT2D eigenvalue weighted by Gasteiger charge is -2.13. The Balaban J connectivity index is 2.52. The zero-order valence-electron chi connectivity index (χ0n) is 12.7. The van der Waals surface area contributed by atoms with E-state index >= 15 is 0 Å². The van der Waals surface area contributed by atoms with Crippen molar-refractivity contribution in [3.8, 4) is 0 Å². The highest BCUT2D eigenvalue weighted by Gasteiger charge is 2.24. The summed E-state index contributed by atoms with van der Waals surface area (Å²) in [6, 6.07) is 9.88. The number of fused-ring (bicyclic) bond motifs is 3. The summed E-state index contributed by atoms with van der Waals surface area (Å²) in [5.74, 6) is -0.913. The van der Waals surface area contributed by atoms with E-state index in [-0.39, 0.29) is 6.42 Å². The van der Waals surface area contributed by atoms with Crippen LogP contribution in [-0.4, -0.2) is 26.5 Å². The van der Waals surface area contributed by atoms with Gasteiger partial charge in [0.05, 0.1) is 6.42 Å². The maximum absolute atomic E-state index is 12.3. The van der Waals surface area contributed by atoms with Gasteiger partial charge in [0, 0.05) is 28.9 Å². The highest BCUT2D eigenvalue weighted by atomic mass is 32.2. The first-order valence-electron chi connectivity index (χ1n) is 6.96. The largest absolute Gasteiger partial charge is 0.612 e. The first kappa shape index (κ1) is 14.9. The number of hydrogen-bond donors (Lipinski definition) is 1. The van der Waals surface area contributed by atoms with E-state index in [1.54, 1.807) is 6.26 Å². The summed E-state index contributed by atoms with van der Waals surface area (Å²) in [6.45, 7) is 1.97. The molecule has 0 spiro atoms. The molecule has 0 saturated heterocycles. The van der Waals surface area contributed by atoms with E-state index in [4.69, 9.17) is 5.11 Å². The molecule has 2 aromatic carbocycles. The second-order valence-corrected chi connectivity index (χ2v) is 6.82. The smallest absolute Gasteiger partial charge is 0.308 e. The van der Waals surface area contributed by atoms with Crippen molar-refractivity contribution >= 4 is 39.0 Å². The van der Waals surface area contributed by atoms with Gasteiger partial charge in [-0.25, -0.2) is 0 Å². The number of carboxylic acid groups (broad SMARTS) is 1. The van der Waals surface area contributed by atoms with Gasteiger partial charge in [0.1, 0.15) is 11.8 Å². The van der Waals surface area contributed by atoms with Crippen LogP contribution in [0.4, 0.5) is 0 Å². The monoisotopic (exact) mass is 315 g/mol. The molecule has 0 bridgehead atoms. The van der Waals surface area contributed by atoms with Gasteiger partial charge in [0.15, 0.2) is 4.90 Å². The van der Waals surface area contributed by atoms with Crippen LogP contribution in [-0.2, 0) is 29.4 Å². The molecule has 3 aromatic rings. The van der Waals surface area contributed by atoms with Crippen molar-refractivity contribution in [1.82, 2.24) is 4.57 Å². The number of carbonyl (C=O) groups is 1. The summed E-state index contributed by atoms with van der Waals surface area (Å²) in [4.78, 5) is 11.8. The fraction of sp³-hybridized carbons (Fsp3) is 0.235. The van der Waals surface area contributed by atoms with E-state index in [2.05, 4.69) is 0 Å². The maximum Gasteiger partial charge on any atom is 0.308 e. The van der Waals surface area contributed by atoms with Gasteiger partial charge in [-0.15, -0.1) is 0 Å². The highest BCUT2D eigenvalue weighted by Crippen LogP contribution is 2.36. The van der Waals surface area contributed by atoms with Crippen LogP contribution in [0.25, 0.3) is 21.8 Å². The average Bonchev–Trinajstić information content (AvgIpc) is 2.73. The summed E-state index contributed by atoms with van der Waals surface area (Å²) >= 11 is -1.26. The van der Waals surface area contributed by atoms with E-state index in [9.17, 15) is 9.35 Å². The fourth-order valence-electron chi connectivity index (χ4n) is 3.22. The fourth-order valence-corrected chi connectivity index (χ4v) is 4.24. The van der Waals surface area contributed by atoms with E-state index in [1.807, 2.05) is 48.9 Å². The van der Waals surface area contributed by atoms with Gasteiger partial charge in [-0.05, 0) is 35.8 Å². The van der Waals surface area contributed by atoms with Crippen LogP contribution in [0.1, 0.15) is 11.1 Å². The summed E-state index contributed by atoms with van der Waals surface area (Å²) in [5, 5.41) is 11.3. The zero-order valence-corrected chi connectivity index (χ0v) is 13.5. The van der Waals surface area contributed by atoms with E-state index in [0.29, 0.717) is 10.5 Å². The standard InChI is InChI=1S/C17H17NO3S/c1-10-8-11(9-14(19)20)17(22(3)21)16-15(10)12-6-4-5-7-13(12)18(16)2/h4-8H,9H2,1-3H3,(H,19,20). The SMILES string of the molecule is Cc1cc(CC(=O)O)c([S+](C)[O-])c2c1c1ccccc1n2C.